The number of benzene rings is 2. The summed E-state index contributed by atoms with van der Waals surface area (Å²) in [6.07, 6.45) is 2.19. The van der Waals surface area contributed by atoms with E-state index >= 15 is 0 Å². The molecular weight excluding hydrogens is 322 g/mol. The van der Waals surface area contributed by atoms with E-state index < -0.39 is 0 Å². The summed E-state index contributed by atoms with van der Waals surface area (Å²) >= 11 is 9.69. The molecule has 2 rings (SSSR count). The highest BCUT2D eigenvalue weighted by atomic mass is 79.9. The summed E-state index contributed by atoms with van der Waals surface area (Å²) in [5.41, 5.74) is 3.53. The second-order valence-electron chi connectivity index (χ2n) is 4.60. The van der Waals surface area contributed by atoms with E-state index in [4.69, 9.17) is 11.6 Å². The monoisotopic (exact) mass is 337 g/mol. The molecule has 0 saturated heterocycles. The molecule has 0 amide bonds. The van der Waals surface area contributed by atoms with E-state index in [1.165, 1.54) is 5.56 Å². The van der Waals surface area contributed by atoms with Crippen LogP contribution in [0.4, 0.5) is 5.69 Å². The molecule has 0 heterocycles. The number of rotatable bonds is 5. The fourth-order valence-corrected chi connectivity index (χ4v) is 2.70. The molecule has 0 atom stereocenters. The molecule has 2 aromatic rings. The third-order valence-corrected chi connectivity index (χ3v) is 4.11. The maximum atomic E-state index is 6.13. The van der Waals surface area contributed by atoms with Crippen molar-refractivity contribution in [3.63, 3.8) is 0 Å². The van der Waals surface area contributed by atoms with Crippen LogP contribution in [-0.2, 0) is 6.42 Å². The van der Waals surface area contributed by atoms with Gasteiger partial charge < -0.3 is 5.32 Å². The van der Waals surface area contributed by atoms with Crippen LogP contribution in [0.2, 0.25) is 5.02 Å². The molecular formula is C16H17BrClN. The molecule has 0 aliphatic heterocycles. The minimum Gasteiger partial charge on any atom is -0.384 e. The minimum atomic E-state index is 0.800. The van der Waals surface area contributed by atoms with Crippen LogP contribution in [0.3, 0.4) is 0 Å². The Bertz CT molecular complexity index is 540. The average Bonchev–Trinajstić information content (AvgIpc) is 2.41. The van der Waals surface area contributed by atoms with Gasteiger partial charge in [0.2, 0.25) is 0 Å². The second kappa shape index (κ2) is 6.97. The molecule has 0 radical (unpaired) electrons. The molecule has 0 aliphatic rings. The highest BCUT2D eigenvalue weighted by Crippen LogP contribution is 2.29. The molecule has 1 nitrogen and oxygen atoms in total. The van der Waals surface area contributed by atoms with E-state index in [1.807, 2.05) is 25.1 Å². The van der Waals surface area contributed by atoms with Crippen LogP contribution in [0, 0.1) is 6.92 Å². The van der Waals surface area contributed by atoms with E-state index in [2.05, 4.69) is 45.5 Å². The fraction of sp³-hybridized carbons (Fsp3) is 0.250. The molecule has 19 heavy (non-hydrogen) atoms. The highest BCUT2D eigenvalue weighted by Gasteiger charge is 2.03. The largest absolute Gasteiger partial charge is 0.384 e. The lowest BCUT2D eigenvalue weighted by molar-refractivity contribution is 0.862. The lowest BCUT2D eigenvalue weighted by atomic mass is 10.1. The van der Waals surface area contributed by atoms with Gasteiger partial charge in [-0.2, -0.15) is 0 Å². The van der Waals surface area contributed by atoms with Gasteiger partial charge in [-0.1, -0.05) is 41.9 Å². The zero-order chi connectivity index (χ0) is 13.7. The van der Waals surface area contributed by atoms with Crippen molar-refractivity contribution in [3.05, 3.63) is 63.1 Å². The molecule has 0 bridgehead atoms. The smallest absolute Gasteiger partial charge is 0.0499 e. The van der Waals surface area contributed by atoms with Gasteiger partial charge in [-0.3, -0.25) is 0 Å². The Kier molecular flexibility index (Phi) is 5.29. The van der Waals surface area contributed by atoms with Gasteiger partial charge in [0, 0.05) is 21.7 Å². The Morgan fingerprint density at radius 2 is 1.89 bits per heavy atom. The van der Waals surface area contributed by atoms with Crippen LogP contribution in [0.15, 0.2) is 46.9 Å². The first-order valence-corrected chi connectivity index (χ1v) is 7.57. The Morgan fingerprint density at radius 3 is 2.63 bits per heavy atom. The van der Waals surface area contributed by atoms with Crippen LogP contribution >= 0.6 is 27.5 Å². The van der Waals surface area contributed by atoms with Crippen molar-refractivity contribution in [1.82, 2.24) is 0 Å². The zero-order valence-electron chi connectivity index (χ0n) is 10.9. The SMILES string of the molecule is Cc1cc(Br)c(NCCCc2ccccc2)cc1Cl. The van der Waals surface area contributed by atoms with Crippen molar-refractivity contribution in [2.45, 2.75) is 19.8 Å². The van der Waals surface area contributed by atoms with Gasteiger partial charge in [0.05, 0.1) is 0 Å². The summed E-state index contributed by atoms with van der Waals surface area (Å²) in [6, 6.07) is 14.6. The summed E-state index contributed by atoms with van der Waals surface area (Å²) in [5.74, 6) is 0. The number of halogens is 2. The van der Waals surface area contributed by atoms with Crippen LogP contribution in [0.1, 0.15) is 17.5 Å². The molecule has 0 saturated carbocycles. The van der Waals surface area contributed by atoms with E-state index in [1.54, 1.807) is 0 Å². The normalized spacial score (nSPS) is 10.5. The third kappa shape index (κ3) is 4.26. The van der Waals surface area contributed by atoms with Gasteiger partial charge in [-0.05, 0) is 59.0 Å². The Balaban J connectivity index is 1.85. The topological polar surface area (TPSA) is 12.0 Å². The molecule has 0 unspecified atom stereocenters. The van der Waals surface area contributed by atoms with Crippen molar-refractivity contribution in [2.75, 3.05) is 11.9 Å². The van der Waals surface area contributed by atoms with Crippen molar-refractivity contribution in [2.24, 2.45) is 0 Å². The van der Waals surface area contributed by atoms with Gasteiger partial charge >= 0.3 is 0 Å². The van der Waals surface area contributed by atoms with E-state index in [9.17, 15) is 0 Å². The van der Waals surface area contributed by atoms with Crippen LogP contribution < -0.4 is 5.32 Å². The third-order valence-electron chi connectivity index (χ3n) is 3.05. The average molecular weight is 339 g/mol. The van der Waals surface area contributed by atoms with Gasteiger partial charge in [-0.15, -0.1) is 0 Å². The predicted molar refractivity (Wildman–Crippen MR) is 87.1 cm³/mol. The summed E-state index contributed by atoms with van der Waals surface area (Å²) < 4.78 is 1.06. The Morgan fingerprint density at radius 1 is 1.16 bits per heavy atom. The summed E-state index contributed by atoms with van der Waals surface area (Å²) in [5, 5.41) is 4.22. The summed E-state index contributed by atoms with van der Waals surface area (Å²) in [4.78, 5) is 0. The number of anilines is 1. The predicted octanol–water partition coefficient (Wildman–Crippen LogP) is 5.46. The fourth-order valence-electron chi connectivity index (χ4n) is 1.94. The summed E-state index contributed by atoms with van der Waals surface area (Å²) in [7, 11) is 0. The summed E-state index contributed by atoms with van der Waals surface area (Å²) in [6.45, 7) is 2.94. The first-order chi connectivity index (χ1) is 9.16. The first kappa shape index (κ1) is 14.4. The number of hydrogen-bond acceptors (Lipinski definition) is 1. The van der Waals surface area contributed by atoms with Crippen molar-refractivity contribution in [3.8, 4) is 0 Å². The number of aryl methyl sites for hydroxylation is 2. The van der Waals surface area contributed by atoms with Crippen molar-refractivity contribution in [1.29, 1.82) is 0 Å². The molecule has 0 aromatic heterocycles. The molecule has 3 heteroatoms. The molecule has 1 N–H and O–H groups in total. The standard InChI is InChI=1S/C16H17BrClN/c1-12-10-14(17)16(11-15(12)18)19-9-5-8-13-6-3-2-4-7-13/h2-4,6-7,10-11,19H,5,8-9H2,1H3. The maximum absolute atomic E-state index is 6.13. The van der Waals surface area contributed by atoms with Crippen LogP contribution in [0.25, 0.3) is 0 Å². The molecule has 0 fully saturated rings. The van der Waals surface area contributed by atoms with Gasteiger partial charge in [0.25, 0.3) is 0 Å². The highest BCUT2D eigenvalue weighted by molar-refractivity contribution is 9.10. The van der Waals surface area contributed by atoms with Gasteiger partial charge in [0.1, 0.15) is 0 Å². The lowest BCUT2D eigenvalue weighted by Gasteiger charge is -2.10. The molecule has 2 aromatic carbocycles. The van der Waals surface area contributed by atoms with Crippen LogP contribution in [-0.4, -0.2) is 6.54 Å². The van der Waals surface area contributed by atoms with E-state index in [0.717, 1.165) is 40.1 Å². The van der Waals surface area contributed by atoms with Gasteiger partial charge in [-0.25, -0.2) is 0 Å². The maximum Gasteiger partial charge on any atom is 0.0499 e. The first-order valence-electron chi connectivity index (χ1n) is 6.40. The lowest BCUT2D eigenvalue weighted by Crippen LogP contribution is -2.03. The molecule has 0 aliphatic carbocycles. The molecule has 100 valence electrons. The Hall–Kier alpha value is -0.990. The van der Waals surface area contributed by atoms with Crippen molar-refractivity contribution < 1.29 is 0 Å². The molecule has 0 spiro atoms. The second-order valence-corrected chi connectivity index (χ2v) is 5.86. The number of nitrogens with one attached hydrogen (secondary N) is 1. The van der Waals surface area contributed by atoms with E-state index in [0.29, 0.717) is 0 Å². The quantitative estimate of drug-likeness (QED) is 0.714. The number of hydrogen-bond donors (Lipinski definition) is 1. The Labute approximate surface area is 128 Å². The van der Waals surface area contributed by atoms with Gasteiger partial charge in [0.15, 0.2) is 0 Å². The minimum absolute atomic E-state index is 0.800. The van der Waals surface area contributed by atoms with Crippen LogP contribution in [0.5, 0.6) is 0 Å². The van der Waals surface area contributed by atoms with Crippen molar-refractivity contribution >= 4 is 33.2 Å². The zero-order valence-corrected chi connectivity index (χ0v) is 13.3. The van der Waals surface area contributed by atoms with E-state index in [-0.39, 0.29) is 0 Å².